The fraction of sp³-hybridized carbons (Fsp3) is 0.611. The summed E-state index contributed by atoms with van der Waals surface area (Å²) < 4.78 is 19.2. The highest BCUT2D eigenvalue weighted by atomic mass is 19.1. The number of halogens is 1. The van der Waals surface area contributed by atoms with Gasteiger partial charge in [0.1, 0.15) is 11.9 Å². The minimum absolute atomic E-state index is 0.0231. The number of aldehydes is 1. The first kappa shape index (κ1) is 15.3. The molecular formula is C18H24FNO2. The molecule has 120 valence electrons. The Morgan fingerprint density at radius 3 is 2.45 bits per heavy atom. The Hall–Kier alpha value is -1.58. The van der Waals surface area contributed by atoms with Gasteiger partial charge in [-0.15, -0.1) is 0 Å². The maximum atomic E-state index is 13.4. The van der Waals surface area contributed by atoms with E-state index >= 15 is 0 Å². The molecule has 3 nitrogen and oxygen atoms in total. The summed E-state index contributed by atoms with van der Waals surface area (Å²) in [4.78, 5) is 13.6. The van der Waals surface area contributed by atoms with Gasteiger partial charge in [-0.2, -0.15) is 0 Å². The van der Waals surface area contributed by atoms with Crippen molar-refractivity contribution in [3.8, 4) is 5.75 Å². The van der Waals surface area contributed by atoms with Crippen molar-refractivity contribution >= 4 is 12.0 Å². The van der Waals surface area contributed by atoms with Crippen molar-refractivity contribution in [2.24, 2.45) is 0 Å². The van der Waals surface area contributed by atoms with Crippen molar-refractivity contribution in [1.29, 1.82) is 0 Å². The summed E-state index contributed by atoms with van der Waals surface area (Å²) in [6, 6.07) is 3.98. The number of alkyl halides is 1. The van der Waals surface area contributed by atoms with E-state index in [2.05, 4.69) is 4.90 Å². The van der Waals surface area contributed by atoms with Crippen molar-refractivity contribution in [2.45, 2.75) is 57.7 Å². The summed E-state index contributed by atoms with van der Waals surface area (Å²) in [5, 5.41) is 0. The smallest absolute Gasteiger partial charge is 0.153 e. The highest BCUT2D eigenvalue weighted by molar-refractivity contribution is 5.82. The lowest BCUT2D eigenvalue weighted by Crippen LogP contribution is -2.35. The number of carbonyl (C=O) groups is 1. The van der Waals surface area contributed by atoms with Crippen LogP contribution in [0.15, 0.2) is 12.1 Å². The van der Waals surface area contributed by atoms with Gasteiger partial charge in [0, 0.05) is 24.8 Å². The number of ether oxygens (including phenoxy) is 1. The van der Waals surface area contributed by atoms with Gasteiger partial charge in [-0.1, -0.05) is 0 Å². The van der Waals surface area contributed by atoms with Crippen LogP contribution in [0.1, 0.15) is 61.4 Å². The Morgan fingerprint density at radius 2 is 1.91 bits per heavy atom. The third kappa shape index (κ3) is 3.26. The molecule has 1 aliphatic heterocycles. The Balaban J connectivity index is 1.96. The number of rotatable bonds is 5. The molecule has 0 amide bonds. The van der Waals surface area contributed by atoms with E-state index in [9.17, 15) is 9.18 Å². The lowest BCUT2D eigenvalue weighted by molar-refractivity contribution is 0.111. The number of anilines is 1. The number of hydrogen-bond donors (Lipinski definition) is 0. The normalized spacial score (nSPS) is 19.5. The number of carbonyl (C=O) groups excluding carboxylic acids is 1. The molecule has 1 aromatic carbocycles. The summed E-state index contributed by atoms with van der Waals surface area (Å²) in [6.07, 6.45) is 3.74. The number of hydrogen-bond acceptors (Lipinski definition) is 3. The lowest BCUT2D eigenvalue weighted by Gasteiger charge is -2.33. The molecule has 2 fully saturated rings. The van der Waals surface area contributed by atoms with E-state index in [4.69, 9.17) is 4.74 Å². The van der Waals surface area contributed by atoms with Crippen LogP contribution in [0.4, 0.5) is 10.1 Å². The molecule has 0 aromatic heterocycles. The Kier molecular flexibility index (Phi) is 4.37. The SMILES string of the molecule is CC(C)Oc1cc(N2CCC(F)CC2)c(C2CC2)cc1C=O. The van der Waals surface area contributed by atoms with Crippen molar-refractivity contribution in [1.82, 2.24) is 0 Å². The standard InChI is InChI=1S/C18H24FNO2/c1-12(2)22-18-10-17(20-7-5-15(19)6-8-20)16(13-3-4-13)9-14(18)11-21/h9-13,15H,3-8H2,1-2H3. The van der Waals surface area contributed by atoms with Crippen LogP contribution < -0.4 is 9.64 Å². The Morgan fingerprint density at radius 1 is 1.23 bits per heavy atom. The average Bonchev–Trinajstić information content (AvgIpc) is 3.32. The molecule has 4 heteroatoms. The fourth-order valence-corrected chi connectivity index (χ4v) is 3.14. The molecule has 0 spiro atoms. The summed E-state index contributed by atoms with van der Waals surface area (Å²) in [5.41, 5.74) is 2.99. The van der Waals surface area contributed by atoms with Crippen LogP contribution in [0.5, 0.6) is 5.75 Å². The van der Waals surface area contributed by atoms with E-state index < -0.39 is 6.17 Å². The summed E-state index contributed by atoms with van der Waals surface area (Å²) in [6.45, 7) is 5.39. The van der Waals surface area contributed by atoms with Crippen LogP contribution in [0.25, 0.3) is 0 Å². The van der Waals surface area contributed by atoms with E-state index in [-0.39, 0.29) is 6.10 Å². The highest BCUT2D eigenvalue weighted by Crippen LogP contribution is 2.46. The van der Waals surface area contributed by atoms with Gasteiger partial charge in [0.05, 0.1) is 11.7 Å². The summed E-state index contributed by atoms with van der Waals surface area (Å²) >= 11 is 0. The molecule has 0 N–H and O–H groups in total. The molecule has 1 heterocycles. The van der Waals surface area contributed by atoms with Crippen molar-refractivity contribution in [3.63, 3.8) is 0 Å². The zero-order valence-electron chi connectivity index (χ0n) is 13.3. The predicted octanol–water partition coefficient (Wildman–Crippen LogP) is 4.10. The second kappa shape index (κ2) is 6.27. The molecule has 0 unspecified atom stereocenters. The van der Waals surface area contributed by atoms with Crippen LogP contribution in [0.3, 0.4) is 0 Å². The molecule has 1 saturated carbocycles. The molecule has 1 saturated heterocycles. The molecular weight excluding hydrogens is 281 g/mol. The van der Waals surface area contributed by atoms with Crippen LogP contribution in [-0.2, 0) is 0 Å². The quantitative estimate of drug-likeness (QED) is 0.767. The molecule has 0 atom stereocenters. The highest BCUT2D eigenvalue weighted by Gasteiger charge is 2.30. The van der Waals surface area contributed by atoms with Gasteiger partial charge >= 0.3 is 0 Å². The van der Waals surface area contributed by atoms with Gasteiger partial charge in [-0.3, -0.25) is 4.79 Å². The van der Waals surface area contributed by atoms with Gasteiger partial charge in [-0.05, 0) is 57.1 Å². The Labute approximate surface area is 131 Å². The fourth-order valence-electron chi connectivity index (χ4n) is 3.14. The Bertz CT molecular complexity index is 546. The van der Waals surface area contributed by atoms with Gasteiger partial charge in [0.2, 0.25) is 0 Å². The van der Waals surface area contributed by atoms with Crippen molar-refractivity contribution < 1.29 is 13.9 Å². The molecule has 2 aliphatic rings. The topological polar surface area (TPSA) is 29.5 Å². The number of piperidine rings is 1. The maximum absolute atomic E-state index is 13.4. The minimum Gasteiger partial charge on any atom is -0.490 e. The van der Waals surface area contributed by atoms with Gasteiger partial charge in [-0.25, -0.2) is 4.39 Å². The third-order valence-corrected chi connectivity index (χ3v) is 4.43. The molecule has 3 rings (SSSR count). The van der Waals surface area contributed by atoms with Crippen LogP contribution in [0.2, 0.25) is 0 Å². The van der Waals surface area contributed by atoms with Crippen molar-refractivity contribution in [3.05, 3.63) is 23.3 Å². The molecule has 1 aromatic rings. The molecule has 22 heavy (non-hydrogen) atoms. The van der Waals surface area contributed by atoms with Gasteiger partial charge < -0.3 is 9.64 Å². The van der Waals surface area contributed by atoms with Crippen LogP contribution >= 0.6 is 0 Å². The lowest BCUT2D eigenvalue weighted by atomic mass is 10.0. The van der Waals surface area contributed by atoms with E-state index in [0.717, 1.165) is 25.1 Å². The zero-order chi connectivity index (χ0) is 15.7. The van der Waals surface area contributed by atoms with Gasteiger partial charge in [0.15, 0.2) is 6.29 Å². The van der Waals surface area contributed by atoms with Gasteiger partial charge in [0.25, 0.3) is 0 Å². The van der Waals surface area contributed by atoms with Crippen LogP contribution in [0, 0.1) is 0 Å². The first-order valence-electron chi connectivity index (χ1n) is 8.27. The average molecular weight is 305 g/mol. The summed E-state index contributed by atoms with van der Waals surface area (Å²) in [7, 11) is 0. The van der Waals surface area contributed by atoms with E-state index in [1.807, 2.05) is 26.0 Å². The van der Waals surface area contributed by atoms with E-state index in [1.165, 1.54) is 18.4 Å². The number of benzene rings is 1. The predicted molar refractivity (Wildman–Crippen MR) is 85.9 cm³/mol. The second-order valence-electron chi connectivity index (χ2n) is 6.67. The zero-order valence-corrected chi connectivity index (χ0v) is 13.3. The third-order valence-electron chi connectivity index (χ3n) is 4.43. The second-order valence-corrected chi connectivity index (χ2v) is 6.67. The number of nitrogens with zero attached hydrogens (tertiary/aromatic N) is 1. The first-order chi connectivity index (χ1) is 10.6. The van der Waals surface area contributed by atoms with E-state index in [0.29, 0.717) is 30.1 Å². The monoisotopic (exact) mass is 305 g/mol. The maximum Gasteiger partial charge on any atom is 0.153 e. The molecule has 0 bridgehead atoms. The summed E-state index contributed by atoms with van der Waals surface area (Å²) in [5.74, 6) is 1.19. The largest absolute Gasteiger partial charge is 0.490 e. The minimum atomic E-state index is -0.679. The molecule has 0 radical (unpaired) electrons. The van der Waals surface area contributed by atoms with Crippen molar-refractivity contribution in [2.75, 3.05) is 18.0 Å². The molecule has 1 aliphatic carbocycles. The van der Waals surface area contributed by atoms with Crippen LogP contribution in [-0.4, -0.2) is 31.7 Å². The first-order valence-corrected chi connectivity index (χ1v) is 8.27. The van der Waals surface area contributed by atoms with E-state index in [1.54, 1.807) is 0 Å².